The third-order valence-corrected chi connectivity index (χ3v) is 5.67. The Balaban J connectivity index is 1.53. The number of carbonyl (C=O) groups is 2. The summed E-state index contributed by atoms with van der Waals surface area (Å²) in [5.41, 5.74) is 9.02. The molecule has 36 heavy (non-hydrogen) atoms. The highest BCUT2D eigenvalue weighted by Gasteiger charge is 2.18. The zero-order valence-corrected chi connectivity index (χ0v) is 21.2. The van der Waals surface area contributed by atoms with E-state index in [9.17, 15) is 9.59 Å². The highest BCUT2D eigenvalue weighted by molar-refractivity contribution is 5.83. The van der Waals surface area contributed by atoms with E-state index in [-0.39, 0.29) is 18.9 Å². The van der Waals surface area contributed by atoms with E-state index in [0.29, 0.717) is 6.61 Å². The Bertz CT molecular complexity index is 1170. The Hall–Kier alpha value is -4.13. The average molecular weight is 488 g/mol. The van der Waals surface area contributed by atoms with Crippen LogP contribution in [-0.4, -0.2) is 24.8 Å². The van der Waals surface area contributed by atoms with E-state index in [1.807, 2.05) is 54.6 Å². The van der Waals surface area contributed by atoms with E-state index in [4.69, 9.17) is 9.47 Å². The number of hydrogen-bond donors (Lipinski definition) is 2. The quantitative estimate of drug-likeness (QED) is 0.291. The highest BCUT2D eigenvalue weighted by Crippen LogP contribution is 2.20. The molecule has 0 aliphatic rings. The van der Waals surface area contributed by atoms with Crippen molar-refractivity contribution in [2.75, 3.05) is 6.61 Å². The summed E-state index contributed by atoms with van der Waals surface area (Å²) in [5, 5.41) is 6.77. The van der Waals surface area contributed by atoms with Crippen LogP contribution >= 0.6 is 0 Å². The third-order valence-electron chi connectivity index (χ3n) is 5.67. The molecule has 0 aromatic heterocycles. The molecule has 0 saturated heterocycles. The maximum absolute atomic E-state index is 12.5. The van der Waals surface area contributed by atoms with Crippen LogP contribution in [0.15, 0.2) is 71.8 Å². The molecule has 3 aromatic carbocycles. The molecular formula is C29H33N3O4. The van der Waals surface area contributed by atoms with Crippen molar-refractivity contribution in [3.05, 3.63) is 100 Å². The Morgan fingerprint density at radius 3 is 2.28 bits per heavy atom. The smallest absolute Gasteiger partial charge is 0.407 e. The number of nitrogens with one attached hydrogen (secondary N) is 2. The van der Waals surface area contributed by atoms with E-state index in [1.165, 1.54) is 22.3 Å². The molecule has 0 saturated carbocycles. The first kappa shape index (κ1) is 26.5. The Kier molecular flexibility index (Phi) is 9.63. The van der Waals surface area contributed by atoms with E-state index in [1.54, 1.807) is 13.1 Å². The van der Waals surface area contributed by atoms with Gasteiger partial charge in [0, 0.05) is 0 Å². The minimum atomic E-state index is -0.572. The van der Waals surface area contributed by atoms with Gasteiger partial charge in [-0.25, -0.2) is 10.2 Å². The molecule has 0 radical (unpaired) electrons. The van der Waals surface area contributed by atoms with Gasteiger partial charge in [0.15, 0.2) is 0 Å². The van der Waals surface area contributed by atoms with Crippen LogP contribution in [0.25, 0.3) is 0 Å². The molecule has 3 rings (SSSR count). The van der Waals surface area contributed by atoms with Crippen molar-refractivity contribution in [1.29, 1.82) is 0 Å². The second-order valence-corrected chi connectivity index (χ2v) is 8.56. The van der Waals surface area contributed by atoms with Gasteiger partial charge in [-0.1, -0.05) is 48.0 Å². The van der Waals surface area contributed by atoms with Crippen LogP contribution < -0.4 is 15.5 Å². The van der Waals surface area contributed by atoms with Crippen molar-refractivity contribution < 1.29 is 19.1 Å². The molecule has 0 unspecified atom stereocenters. The first-order valence-electron chi connectivity index (χ1n) is 12.0. The monoisotopic (exact) mass is 487 g/mol. The SMILES string of the molecule is CCOC(=O)N[C@H](CC(=O)N/N=C\c1ccc(OCc2c(C)cc(C)cc2C)cc1)c1ccccc1. The van der Waals surface area contributed by atoms with Crippen molar-refractivity contribution in [3.8, 4) is 5.75 Å². The standard InChI is InChI=1S/C29H33N3O4/c1-5-35-29(34)31-27(24-9-7-6-8-10-24)17-28(33)32-30-18-23-11-13-25(14-12-23)36-19-26-21(3)15-20(2)16-22(26)4/h6-16,18,27H,5,17,19H2,1-4H3,(H,31,34)(H,32,33)/b30-18-/t27-/m1/s1. The lowest BCUT2D eigenvalue weighted by molar-refractivity contribution is -0.121. The molecule has 1 atom stereocenters. The predicted molar refractivity (Wildman–Crippen MR) is 141 cm³/mol. The van der Waals surface area contributed by atoms with E-state index >= 15 is 0 Å². The average Bonchev–Trinajstić information content (AvgIpc) is 2.84. The number of ether oxygens (including phenoxy) is 2. The van der Waals surface area contributed by atoms with Gasteiger partial charge in [0.05, 0.1) is 25.3 Å². The van der Waals surface area contributed by atoms with Crippen LogP contribution in [0, 0.1) is 20.8 Å². The van der Waals surface area contributed by atoms with E-state index in [0.717, 1.165) is 16.9 Å². The summed E-state index contributed by atoms with van der Waals surface area (Å²) in [6.07, 6.45) is 1.01. The number of aryl methyl sites for hydroxylation is 3. The molecule has 7 nitrogen and oxygen atoms in total. The van der Waals surface area contributed by atoms with E-state index in [2.05, 4.69) is 48.7 Å². The van der Waals surface area contributed by atoms with Crippen LogP contribution in [0.1, 0.15) is 52.8 Å². The van der Waals surface area contributed by atoms with Gasteiger partial charge in [-0.3, -0.25) is 4.79 Å². The molecule has 0 bridgehead atoms. The van der Waals surface area contributed by atoms with Gasteiger partial charge >= 0.3 is 6.09 Å². The van der Waals surface area contributed by atoms with Crippen molar-refractivity contribution in [1.82, 2.24) is 10.7 Å². The molecule has 7 heteroatoms. The predicted octanol–water partition coefficient (Wildman–Crippen LogP) is 5.52. The maximum Gasteiger partial charge on any atom is 0.407 e. The van der Waals surface area contributed by atoms with Crippen LogP contribution in [0.5, 0.6) is 5.75 Å². The molecule has 2 amide bonds. The molecule has 0 fully saturated rings. The van der Waals surface area contributed by atoms with Gasteiger partial charge in [-0.15, -0.1) is 0 Å². The fourth-order valence-corrected chi connectivity index (χ4v) is 3.91. The molecule has 2 N–H and O–H groups in total. The zero-order chi connectivity index (χ0) is 25.9. The molecule has 0 aliphatic carbocycles. The van der Waals surface area contributed by atoms with Gasteiger partial charge in [-0.2, -0.15) is 5.10 Å². The van der Waals surface area contributed by atoms with Crippen LogP contribution in [0.3, 0.4) is 0 Å². The molecule has 3 aromatic rings. The summed E-state index contributed by atoms with van der Waals surface area (Å²) < 4.78 is 10.9. The Morgan fingerprint density at radius 2 is 1.64 bits per heavy atom. The number of hydrazone groups is 1. The van der Waals surface area contributed by atoms with Crippen LogP contribution in [0.4, 0.5) is 4.79 Å². The van der Waals surface area contributed by atoms with Gasteiger partial charge in [0.25, 0.3) is 0 Å². The lowest BCUT2D eigenvalue weighted by Crippen LogP contribution is -2.33. The zero-order valence-electron chi connectivity index (χ0n) is 21.2. The molecule has 0 heterocycles. The second kappa shape index (κ2) is 13.1. The van der Waals surface area contributed by atoms with Gasteiger partial charge in [0.2, 0.25) is 5.91 Å². The number of rotatable bonds is 10. The van der Waals surface area contributed by atoms with Crippen molar-refractivity contribution >= 4 is 18.2 Å². The Labute approximate surface area is 212 Å². The topological polar surface area (TPSA) is 89.0 Å². The van der Waals surface area contributed by atoms with Crippen LogP contribution in [-0.2, 0) is 16.1 Å². The molecule has 0 spiro atoms. The lowest BCUT2D eigenvalue weighted by Gasteiger charge is -2.18. The number of benzene rings is 3. The van der Waals surface area contributed by atoms with Gasteiger partial charge in [0.1, 0.15) is 12.4 Å². The summed E-state index contributed by atoms with van der Waals surface area (Å²) >= 11 is 0. The van der Waals surface area contributed by atoms with E-state index < -0.39 is 12.1 Å². The maximum atomic E-state index is 12.5. The number of amides is 2. The first-order valence-corrected chi connectivity index (χ1v) is 12.0. The minimum Gasteiger partial charge on any atom is -0.489 e. The number of hydrogen-bond acceptors (Lipinski definition) is 5. The van der Waals surface area contributed by atoms with Crippen molar-refractivity contribution in [3.63, 3.8) is 0 Å². The third kappa shape index (κ3) is 7.98. The fraction of sp³-hybridized carbons (Fsp3) is 0.276. The normalized spacial score (nSPS) is 11.7. The summed E-state index contributed by atoms with van der Waals surface area (Å²) in [6.45, 7) is 8.77. The fourth-order valence-electron chi connectivity index (χ4n) is 3.91. The molecular weight excluding hydrogens is 454 g/mol. The summed E-state index contributed by atoms with van der Waals surface area (Å²) in [5.74, 6) is 0.423. The number of alkyl carbamates (subject to hydrolysis) is 1. The minimum absolute atomic E-state index is 0.0186. The van der Waals surface area contributed by atoms with Crippen molar-refractivity contribution in [2.24, 2.45) is 5.10 Å². The largest absolute Gasteiger partial charge is 0.489 e. The second-order valence-electron chi connectivity index (χ2n) is 8.56. The van der Waals surface area contributed by atoms with Gasteiger partial charge in [-0.05, 0) is 79.8 Å². The van der Waals surface area contributed by atoms with Gasteiger partial charge < -0.3 is 14.8 Å². The molecule has 0 aliphatic heterocycles. The number of nitrogens with zero attached hydrogens (tertiary/aromatic N) is 1. The first-order chi connectivity index (χ1) is 17.4. The summed E-state index contributed by atoms with van der Waals surface area (Å²) in [7, 11) is 0. The highest BCUT2D eigenvalue weighted by atomic mass is 16.5. The summed E-state index contributed by atoms with van der Waals surface area (Å²) in [4.78, 5) is 24.4. The Morgan fingerprint density at radius 1 is 0.972 bits per heavy atom. The summed E-state index contributed by atoms with van der Waals surface area (Å²) in [6, 6.07) is 20.5. The molecule has 188 valence electrons. The lowest BCUT2D eigenvalue weighted by atomic mass is 10.0. The number of carbonyl (C=O) groups excluding carboxylic acids is 2. The van der Waals surface area contributed by atoms with Crippen molar-refractivity contribution in [2.45, 2.75) is 46.8 Å². The van der Waals surface area contributed by atoms with Crippen LogP contribution in [0.2, 0.25) is 0 Å².